The number of hydrogen-bond acceptors (Lipinski definition) is 4. The van der Waals surface area contributed by atoms with E-state index in [1.54, 1.807) is 19.1 Å². The summed E-state index contributed by atoms with van der Waals surface area (Å²) in [5, 5.41) is 0. The minimum absolute atomic E-state index is 0.00852. The summed E-state index contributed by atoms with van der Waals surface area (Å²) in [6.07, 6.45) is 3.75. The van der Waals surface area contributed by atoms with Gasteiger partial charge in [-0.3, -0.25) is 9.09 Å². The summed E-state index contributed by atoms with van der Waals surface area (Å²) >= 11 is 0. The van der Waals surface area contributed by atoms with E-state index in [9.17, 15) is 4.57 Å². The maximum Gasteiger partial charge on any atom is 0.229 e. The topological polar surface area (TPSA) is 44.8 Å². The first-order valence-corrected chi connectivity index (χ1v) is 6.78. The van der Waals surface area contributed by atoms with E-state index in [2.05, 4.69) is 13.2 Å². The zero-order valence-corrected chi connectivity index (χ0v) is 10.1. The maximum absolute atomic E-state index is 11.9. The average Bonchev–Trinajstić information content (AvgIpc) is 2.25. The monoisotopic (exact) mass is 234 g/mol. The highest BCUT2D eigenvalue weighted by atomic mass is 31.2. The summed E-state index contributed by atoms with van der Waals surface area (Å²) in [5.41, 5.74) is 0. The van der Waals surface area contributed by atoms with Crippen molar-refractivity contribution < 1.29 is 18.6 Å². The van der Waals surface area contributed by atoms with E-state index in [4.69, 9.17) is 14.0 Å². The molecule has 1 unspecified atom stereocenters. The van der Waals surface area contributed by atoms with Crippen LogP contribution in [0.5, 0.6) is 0 Å². The van der Waals surface area contributed by atoms with Crippen LogP contribution in [0.25, 0.3) is 0 Å². The quantitative estimate of drug-likeness (QED) is 0.252. The van der Waals surface area contributed by atoms with Crippen molar-refractivity contribution in [3.63, 3.8) is 0 Å². The van der Waals surface area contributed by atoms with Crippen LogP contribution in [0.3, 0.4) is 0 Å². The molecule has 0 N–H and O–H groups in total. The summed E-state index contributed by atoms with van der Waals surface area (Å²) in [6.45, 7) is 9.56. The molecule has 0 bridgehead atoms. The van der Waals surface area contributed by atoms with Crippen molar-refractivity contribution in [3.8, 4) is 0 Å². The van der Waals surface area contributed by atoms with E-state index < -0.39 is 7.37 Å². The standard InChI is InChI=1S/C10H19O4P/c1-4-7-12-9-14-15(11,6-3)10-13-8-5-2/h4-5H,1-2,6-10H2,3H3. The fourth-order valence-electron chi connectivity index (χ4n) is 0.760. The fourth-order valence-corrected chi connectivity index (χ4v) is 1.85. The molecule has 0 fully saturated rings. The predicted octanol–water partition coefficient (Wildman–Crippen LogP) is 2.62. The Hall–Kier alpha value is -0.410. The van der Waals surface area contributed by atoms with Crippen LogP contribution in [0.2, 0.25) is 0 Å². The van der Waals surface area contributed by atoms with Gasteiger partial charge in [-0.15, -0.1) is 13.2 Å². The zero-order chi connectivity index (χ0) is 11.6. The normalized spacial score (nSPS) is 14.5. The largest absolute Gasteiger partial charge is 0.367 e. The Morgan fingerprint density at radius 2 is 1.80 bits per heavy atom. The first-order valence-electron chi connectivity index (χ1n) is 4.78. The summed E-state index contributed by atoms with van der Waals surface area (Å²) in [6, 6.07) is 0. The number of rotatable bonds is 10. The molecule has 0 spiro atoms. The lowest BCUT2D eigenvalue weighted by Gasteiger charge is -2.16. The molecule has 0 aliphatic carbocycles. The molecule has 0 aromatic heterocycles. The van der Waals surface area contributed by atoms with Gasteiger partial charge in [-0.25, -0.2) is 0 Å². The van der Waals surface area contributed by atoms with Crippen LogP contribution in [-0.2, 0) is 18.6 Å². The van der Waals surface area contributed by atoms with Crippen LogP contribution in [0.1, 0.15) is 6.92 Å². The molecule has 0 radical (unpaired) electrons. The molecular weight excluding hydrogens is 215 g/mol. The summed E-state index contributed by atoms with van der Waals surface area (Å²) in [4.78, 5) is 0. The first kappa shape index (κ1) is 14.6. The molecule has 15 heavy (non-hydrogen) atoms. The van der Waals surface area contributed by atoms with Crippen LogP contribution in [0.15, 0.2) is 25.3 Å². The second-order valence-electron chi connectivity index (χ2n) is 2.83. The lowest BCUT2D eigenvalue weighted by molar-refractivity contribution is 0.0287. The molecule has 4 nitrogen and oxygen atoms in total. The third-order valence-corrected chi connectivity index (χ3v) is 3.73. The predicted molar refractivity (Wildman–Crippen MR) is 61.3 cm³/mol. The third kappa shape index (κ3) is 7.51. The van der Waals surface area contributed by atoms with Crippen LogP contribution in [0.4, 0.5) is 0 Å². The van der Waals surface area contributed by atoms with E-state index in [-0.39, 0.29) is 13.1 Å². The summed E-state index contributed by atoms with van der Waals surface area (Å²) in [7, 11) is -2.70. The van der Waals surface area contributed by atoms with Gasteiger partial charge in [0.1, 0.15) is 6.35 Å². The molecule has 1 atom stereocenters. The van der Waals surface area contributed by atoms with Gasteiger partial charge in [0.25, 0.3) is 0 Å². The Kier molecular flexibility index (Phi) is 8.62. The Morgan fingerprint density at radius 3 is 2.33 bits per heavy atom. The lowest BCUT2D eigenvalue weighted by atomic mass is 10.7. The summed E-state index contributed by atoms with van der Waals surface area (Å²) in [5.74, 6) is 0. The highest BCUT2D eigenvalue weighted by Crippen LogP contribution is 2.46. The Bertz CT molecular complexity index is 227. The van der Waals surface area contributed by atoms with E-state index in [1.165, 1.54) is 0 Å². The zero-order valence-electron chi connectivity index (χ0n) is 9.18. The maximum atomic E-state index is 11.9. The highest BCUT2D eigenvalue weighted by Gasteiger charge is 2.20. The molecule has 0 heterocycles. The van der Waals surface area contributed by atoms with Crippen molar-refractivity contribution in [2.75, 3.05) is 32.5 Å². The minimum Gasteiger partial charge on any atom is -0.367 e. The average molecular weight is 234 g/mol. The molecule has 0 aromatic carbocycles. The van der Waals surface area contributed by atoms with E-state index in [0.29, 0.717) is 19.4 Å². The van der Waals surface area contributed by atoms with Gasteiger partial charge in [-0.2, -0.15) is 0 Å². The Balaban J connectivity index is 3.79. The minimum atomic E-state index is -2.70. The Labute approximate surface area is 91.4 Å². The third-order valence-electron chi connectivity index (χ3n) is 1.61. The molecule has 0 amide bonds. The highest BCUT2D eigenvalue weighted by molar-refractivity contribution is 7.58. The van der Waals surface area contributed by atoms with Crippen molar-refractivity contribution >= 4 is 7.37 Å². The van der Waals surface area contributed by atoms with E-state index in [0.717, 1.165) is 0 Å². The number of hydrogen-bond donors (Lipinski definition) is 0. The molecular formula is C10H19O4P. The van der Waals surface area contributed by atoms with Crippen LogP contribution in [0, 0.1) is 0 Å². The van der Waals surface area contributed by atoms with Gasteiger partial charge in [-0.05, 0) is 0 Å². The molecule has 0 aliphatic heterocycles. The smallest absolute Gasteiger partial charge is 0.229 e. The van der Waals surface area contributed by atoms with Gasteiger partial charge >= 0.3 is 0 Å². The van der Waals surface area contributed by atoms with Crippen molar-refractivity contribution in [2.45, 2.75) is 6.92 Å². The lowest BCUT2D eigenvalue weighted by Crippen LogP contribution is -2.05. The SMILES string of the molecule is C=CCOCOP(=O)(CC)COCC=C. The van der Waals surface area contributed by atoms with Gasteiger partial charge in [0.05, 0.1) is 13.2 Å². The van der Waals surface area contributed by atoms with Gasteiger partial charge in [0.15, 0.2) is 6.79 Å². The van der Waals surface area contributed by atoms with Crippen LogP contribution < -0.4 is 0 Å². The van der Waals surface area contributed by atoms with Gasteiger partial charge in [0.2, 0.25) is 7.37 Å². The molecule has 0 saturated carbocycles. The van der Waals surface area contributed by atoms with Crippen LogP contribution in [-0.4, -0.2) is 32.5 Å². The van der Waals surface area contributed by atoms with Gasteiger partial charge in [0, 0.05) is 6.16 Å². The van der Waals surface area contributed by atoms with Crippen molar-refractivity contribution in [1.29, 1.82) is 0 Å². The summed E-state index contributed by atoms with van der Waals surface area (Å²) < 4.78 is 27.2. The van der Waals surface area contributed by atoms with Crippen LogP contribution >= 0.6 is 7.37 Å². The second kappa shape index (κ2) is 8.86. The van der Waals surface area contributed by atoms with Crippen molar-refractivity contribution in [3.05, 3.63) is 25.3 Å². The number of ether oxygens (including phenoxy) is 2. The molecule has 0 aliphatic rings. The van der Waals surface area contributed by atoms with Gasteiger partial charge < -0.3 is 9.47 Å². The molecule has 5 heteroatoms. The fraction of sp³-hybridized carbons (Fsp3) is 0.600. The van der Waals surface area contributed by atoms with Crippen molar-refractivity contribution in [2.24, 2.45) is 0 Å². The molecule has 0 saturated heterocycles. The second-order valence-corrected chi connectivity index (χ2v) is 5.60. The van der Waals surface area contributed by atoms with Gasteiger partial charge in [-0.1, -0.05) is 19.1 Å². The molecule has 0 rings (SSSR count). The molecule has 88 valence electrons. The first-order chi connectivity index (χ1) is 7.18. The van der Waals surface area contributed by atoms with E-state index in [1.807, 2.05) is 0 Å². The molecule has 0 aromatic rings. The van der Waals surface area contributed by atoms with E-state index >= 15 is 0 Å². The van der Waals surface area contributed by atoms with Crippen molar-refractivity contribution in [1.82, 2.24) is 0 Å². The Morgan fingerprint density at radius 1 is 1.20 bits per heavy atom.